The number of amides is 1. The quantitative estimate of drug-likeness (QED) is 0.449. The minimum Gasteiger partial charge on any atom is -0.442 e. The molecule has 0 unspecified atom stereocenters. The van der Waals surface area contributed by atoms with Gasteiger partial charge in [0, 0.05) is 51.4 Å². The molecule has 1 saturated heterocycles. The van der Waals surface area contributed by atoms with Crippen LogP contribution in [0.15, 0.2) is 48.2 Å². The molecule has 0 bridgehead atoms. The number of aryl methyl sites for hydroxylation is 1. The molecule has 8 nitrogen and oxygen atoms in total. The summed E-state index contributed by atoms with van der Waals surface area (Å²) >= 11 is 0. The molecule has 0 saturated carbocycles. The fourth-order valence-electron chi connectivity index (χ4n) is 5.71. The van der Waals surface area contributed by atoms with E-state index in [1.54, 1.807) is 4.90 Å². The highest BCUT2D eigenvalue weighted by Gasteiger charge is 2.33. The fourth-order valence-corrected chi connectivity index (χ4v) is 5.71. The Bertz CT molecular complexity index is 1290. The van der Waals surface area contributed by atoms with Crippen molar-refractivity contribution < 1.29 is 24.2 Å². The lowest BCUT2D eigenvalue weighted by Crippen LogP contribution is -2.48. The SMILES string of the molecule is C/C(=C\c1ccc2ccn(C)c2c1)[C@H]1C(=O)C(=O)C[C@H](O)CC[C@H](C)[C@@H](OC(=O)N2CCN(C)CC2)/C=C/[C@@H]1C. The van der Waals surface area contributed by atoms with E-state index in [4.69, 9.17) is 4.74 Å². The van der Waals surface area contributed by atoms with Gasteiger partial charge in [-0.05, 0) is 67.8 Å². The van der Waals surface area contributed by atoms with Crippen LogP contribution in [0.2, 0.25) is 0 Å². The van der Waals surface area contributed by atoms with Gasteiger partial charge in [0.2, 0.25) is 11.6 Å². The van der Waals surface area contributed by atoms with Gasteiger partial charge in [0.05, 0.1) is 12.0 Å². The molecule has 216 valence electrons. The second kappa shape index (κ2) is 13.0. The number of carbonyl (C=O) groups is 3. The van der Waals surface area contributed by atoms with Crippen molar-refractivity contribution in [1.29, 1.82) is 0 Å². The summed E-state index contributed by atoms with van der Waals surface area (Å²) in [6.07, 6.45) is 6.68. The van der Waals surface area contributed by atoms with E-state index in [9.17, 15) is 19.5 Å². The minimum atomic E-state index is -0.920. The van der Waals surface area contributed by atoms with E-state index in [1.165, 1.54) is 0 Å². The third-order valence-electron chi connectivity index (χ3n) is 8.42. The number of carbonyl (C=O) groups excluding carboxylic acids is 3. The van der Waals surface area contributed by atoms with Crippen molar-refractivity contribution in [1.82, 2.24) is 14.4 Å². The third-order valence-corrected chi connectivity index (χ3v) is 8.42. The lowest BCUT2D eigenvalue weighted by molar-refractivity contribution is -0.140. The molecule has 5 atom stereocenters. The molecule has 40 heavy (non-hydrogen) atoms. The first-order valence-corrected chi connectivity index (χ1v) is 14.3. The average Bonchev–Trinajstić information content (AvgIpc) is 3.29. The van der Waals surface area contributed by atoms with Crippen LogP contribution in [0.25, 0.3) is 17.0 Å². The highest BCUT2D eigenvalue weighted by atomic mass is 16.6. The van der Waals surface area contributed by atoms with E-state index in [1.807, 2.05) is 76.0 Å². The van der Waals surface area contributed by atoms with Crippen LogP contribution in [0.3, 0.4) is 0 Å². The third kappa shape index (κ3) is 7.09. The van der Waals surface area contributed by atoms with Crippen molar-refractivity contribution in [2.45, 2.75) is 52.2 Å². The molecule has 2 aliphatic rings. The number of allylic oxidation sites excluding steroid dienone is 2. The molecular formula is C32H43N3O5. The predicted molar refractivity (Wildman–Crippen MR) is 157 cm³/mol. The molecule has 1 amide bonds. The second-order valence-electron chi connectivity index (χ2n) is 11.7. The summed E-state index contributed by atoms with van der Waals surface area (Å²) in [5, 5.41) is 11.7. The lowest BCUT2D eigenvalue weighted by Gasteiger charge is -2.33. The Morgan fingerprint density at radius 1 is 1.02 bits per heavy atom. The van der Waals surface area contributed by atoms with E-state index in [0.29, 0.717) is 25.9 Å². The standard InChI is InChI=1S/C32H43N3O5/c1-21-6-10-26(36)20-28(37)31(38)30(23(3)18-24-8-9-25-12-13-34(5)27(25)19-24)22(2)7-11-29(21)40-32(39)35-16-14-33(4)15-17-35/h7-9,11-13,18-19,21-22,26,29-30,36H,6,10,14-17,20H2,1-5H3/b11-7+,23-18+/t21-,22-,26+,29-,30-/m0/s1. The Kier molecular flexibility index (Phi) is 9.64. The Balaban J connectivity index is 1.61. The zero-order valence-electron chi connectivity index (χ0n) is 24.4. The molecule has 1 aliphatic carbocycles. The molecule has 1 aliphatic heterocycles. The molecule has 1 fully saturated rings. The van der Waals surface area contributed by atoms with E-state index in [-0.39, 0.29) is 24.3 Å². The molecule has 2 aromatic rings. The molecule has 2 heterocycles. The molecule has 4 rings (SSSR count). The first-order chi connectivity index (χ1) is 19.0. The molecular weight excluding hydrogens is 506 g/mol. The van der Waals surface area contributed by atoms with Gasteiger partial charge in [-0.3, -0.25) is 9.59 Å². The fraction of sp³-hybridized carbons (Fsp3) is 0.531. The van der Waals surface area contributed by atoms with Crippen LogP contribution in [0.1, 0.15) is 45.6 Å². The van der Waals surface area contributed by atoms with Crippen LogP contribution in [-0.2, 0) is 21.4 Å². The van der Waals surface area contributed by atoms with Crippen molar-refractivity contribution >= 4 is 34.6 Å². The van der Waals surface area contributed by atoms with Crippen molar-refractivity contribution in [3.8, 4) is 0 Å². The molecule has 8 heteroatoms. The zero-order chi connectivity index (χ0) is 29.0. The monoisotopic (exact) mass is 549 g/mol. The Morgan fingerprint density at radius 2 is 1.75 bits per heavy atom. The zero-order valence-corrected chi connectivity index (χ0v) is 24.4. The van der Waals surface area contributed by atoms with E-state index in [2.05, 4.69) is 17.0 Å². The number of likely N-dealkylation sites (N-methyl/N-ethyl adjacent to an activating group) is 1. The van der Waals surface area contributed by atoms with Gasteiger partial charge in [-0.25, -0.2) is 4.79 Å². The van der Waals surface area contributed by atoms with Crippen LogP contribution in [0, 0.1) is 17.8 Å². The van der Waals surface area contributed by atoms with Crippen molar-refractivity contribution in [2.24, 2.45) is 24.8 Å². The Labute approximate surface area is 237 Å². The number of hydrogen-bond acceptors (Lipinski definition) is 6. The van der Waals surface area contributed by atoms with Gasteiger partial charge < -0.3 is 24.2 Å². The highest BCUT2D eigenvalue weighted by Crippen LogP contribution is 2.29. The number of aromatic nitrogens is 1. The number of benzene rings is 1. The first kappa shape index (κ1) is 29.7. The lowest BCUT2D eigenvalue weighted by atomic mass is 9.80. The molecule has 1 aromatic carbocycles. The van der Waals surface area contributed by atoms with Gasteiger partial charge in [-0.2, -0.15) is 0 Å². The summed E-state index contributed by atoms with van der Waals surface area (Å²) in [5.74, 6) is -2.12. The van der Waals surface area contributed by atoms with Gasteiger partial charge in [-0.1, -0.05) is 43.7 Å². The number of piperazine rings is 1. The van der Waals surface area contributed by atoms with Crippen LogP contribution < -0.4 is 0 Å². The summed E-state index contributed by atoms with van der Waals surface area (Å²) in [7, 11) is 4.02. The first-order valence-electron chi connectivity index (χ1n) is 14.3. The predicted octanol–water partition coefficient (Wildman–Crippen LogP) is 4.46. The van der Waals surface area contributed by atoms with Crippen molar-refractivity contribution in [3.05, 3.63) is 53.8 Å². The van der Waals surface area contributed by atoms with Gasteiger partial charge in [0.25, 0.3) is 0 Å². The summed E-state index contributed by atoms with van der Waals surface area (Å²) in [6, 6.07) is 8.17. The van der Waals surface area contributed by atoms with Crippen LogP contribution >= 0.6 is 0 Å². The largest absolute Gasteiger partial charge is 0.442 e. The van der Waals surface area contributed by atoms with E-state index < -0.39 is 29.7 Å². The van der Waals surface area contributed by atoms with Crippen molar-refractivity contribution in [2.75, 3.05) is 33.2 Å². The maximum atomic E-state index is 13.5. The van der Waals surface area contributed by atoms with Gasteiger partial charge in [-0.15, -0.1) is 0 Å². The number of ether oxygens (including phenoxy) is 1. The van der Waals surface area contributed by atoms with Crippen molar-refractivity contribution in [3.63, 3.8) is 0 Å². The van der Waals surface area contributed by atoms with Crippen LogP contribution in [-0.4, -0.2) is 82.6 Å². The number of hydrogen-bond donors (Lipinski definition) is 1. The summed E-state index contributed by atoms with van der Waals surface area (Å²) in [4.78, 5) is 43.4. The summed E-state index contributed by atoms with van der Waals surface area (Å²) in [5.41, 5.74) is 2.80. The molecule has 0 radical (unpaired) electrons. The maximum absolute atomic E-state index is 13.5. The van der Waals surface area contributed by atoms with Crippen LogP contribution in [0.4, 0.5) is 4.79 Å². The van der Waals surface area contributed by atoms with E-state index >= 15 is 0 Å². The Hall–Kier alpha value is -3.23. The number of ketones is 2. The molecule has 1 N–H and O–H groups in total. The maximum Gasteiger partial charge on any atom is 0.410 e. The molecule has 1 aromatic heterocycles. The van der Waals surface area contributed by atoms with Crippen LogP contribution in [0.5, 0.6) is 0 Å². The Morgan fingerprint density at radius 3 is 2.48 bits per heavy atom. The minimum absolute atomic E-state index is 0.0631. The van der Waals surface area contributed by atoms with Gasteiger partial charge >= 0.3 is 6.09 Å². The number of Topliss-reactive ketones (excluding diaryl/α,β-unsaturated/α-hetero) is 2. The summed E-state index contributed by atoms with van der Waals surface area (Å²) < 4.78 is 8.03. The van der Waals surface area contributed by atoms with E-state index in [0.717, 1.165) is 35.1 Å². The van der Waals surface area contributed by atoms with Gasteiger partial charge in [0.15, 0.2) is 0 Å². The number of nitrogens with zero attached hydrogens (tertiary/aromatic N) is 3. The smallest absolute Gasteiger partial charge is 0.410 e. The normalized spacial score (nSPS) is 28.7. The topological polar surface area (TPSA) is 92.1 Å². The number of rotatable bonds is 3. The highest BCUT2D eigenvalue weighted by molar-refractivity contribution is 6.38. The number of aliphatic hydroxyl groups excluding tert-OH is 1. The molecule has 0 spiro atoms. The average molecular weight is 550 g/mol. The summed E-state index contributed by atoms with van der Waals surface area (Å²) in [6.45, 7) is 8.62. The second-order valence-corrected chi connectivity index (χ2v) is 11.7. The number of fused-ring (bicyclic) bond motifs is 1. The van der Waals surface area contributed by atoms with Gasteiger partial charge in [0.1, 0.15) is 6.10 Å². The number of aliphatic hydroxyl groups is 1.